The molecule has 0 atom stereocenters. The molecule has 2 aromatic carbocycles. The molecule has 0 saturated heterocycles. The smallest absolute Gasteiger partial charge is 0.274 e. The van der Waals surface area contributed by atoms with Crippen LogP contribution >= 0.6 is 11.6 Å². The molecule has 1 aromatic heterocycles. The Hall–Kier alpha value is -3.32. The maximum Gasteiger partial charge on any atom is 0.274 e. The van der Waals surface area contributed by atoms with E-state index in [-0.39, 0.29) is 11.3 Å². The third kappa shape index (κ3) is 4.65. The molecule has 3 rings (SSSR count). The third-order valence-electron chi connectivity index (χ3n) is 3.50. The lowest BCUT2D eigenvalue weighted by Crippen LogP contribution is -2.32. The van der Waals surface area contributed by atoms with Gasteiger partial charge in [-0.1, -0.05) is 17.7 Å². The van der Waals surface area contributed by atoms with Gasteiger partial charge in [-0.25, -0.2) is 9.07 Å². The number of amides is 1. The number of carbonyl (C=O) groups excluding carboxylic acids is 1. The Bertz CT molecular complexity index is 1010. The fourth-order valence-corrected chi connectivity index (χ4v) is 2.42. The molecule has 0 bridgehead atoms. The lowest BCUT2D eigenvalue weighted by Gasteiger charge is -2.13. The van der Waals surface area contributed by atoms with E-state index in [2.05, 4.69) is 5.43 Å². The van der Waals surface area contributed by atoms with Crippen molar-refractivity contribution in [2.24, 2.45) is 0 Å². The lowest BCUT2D eigenvalue weighted by molar-refractivity contribution is 0.100. The van der Waals surface area contributed by atoms with E-state index in [9.17, 15) is 14.0 Å². The van der Waals surface area contributed by atoms with E-state index >= 15 is 0 Å². The first kappa shape index (κ1) is 18.5. The number of carbonyl (C=O) groups is 1. The van der Waals surface area contributed by atoms with E-state index < -0.39 is 18.3 Å². The Morgan fingerprint density at radius 1 is 1.07 bits per heavy atom. The molecular weight excluding hydrogens is 375 g/mol. The minimum absolute atomic E-state index is 0.141. The Kier molecular flexibility index (Phi) is 5.73. The second kappa shape index (κ2) is 8.37. The maximum absolute atomic E-state index is 12.6. The minimum atomic E-state index is -0.930. The standard InChI is InChI=1S/C19H14ClFN2O4/c20-13-4-9-17(27-15-7-5-14(6-8-15)26-12-21)16(11-13)19(25)22-23-10-2-1-3-18(23)24/h1-11H,12H2,(H,22,25). The number of nitrogens with zero attached hydrogens (tertiary/aromatic N) is 1. The van der Waals surface area contributed by atoms with Gasteiger partial charge in [-0.3, -0.25) is 15.0 Å². The summed E-state index contributed by atoms with van der Waals surface area (Å²) < 4.78 is 23.7. The molecule has 1 heterocycles. The number of alkyl halides is 1. The molecular formula is C19H14ClFN2O4. The predicted octanol–water partition coefficient (Wildman–Crippen LogP) is 3.98. The van der Waals surface area contributed by atoms with Gasteiger partial charge in [-0.2, -0.15) is 0 Å². The van der Waals surface area contributed by atoms with Crippen molar-refractivity contribution in [2.45, 2.75) is 0 Å². The van der Waals surface area contributed by atoms with Crippen molar-refractivity contribution in [1.82, 2.24) is 4.68 Å². The Morgan fingerprint density at radius 3 is 2.52 bits per heavy atom. The number of nitrogens with one attached hydrogen (secondary N) is 1. The normalized spacial score (nSPS) is 10.3. The van der Waals surface area contributed by atoms with Gasteiger partial charge in [0.1, 0.15) is 17.2 Å². The largest absolute Gasteiger partial charge is 0.463 e. The van der Waals surface area contributed by atoms with Gasteiger partial charge in [0.05, 0.1) is 5.56 Å². The molecule has 0 unspecified atom stereocenters. The zero-order valence-corrected chi connectivity index (χ0v) is 14.7. The summed E-state index contributed by atoms with van der Waals surface area (Å²) in [7, 11) is 0. The highest BCUT2D eigenvalue weighted by Crippen LogP contribution is 2.29. The minimum Gasteiger partial charge on any atom is -0.463 e. The van der Waals surface area contributed by atoms with Gasteiger partial charge < -0.3 is 9.47 Å². The van der Waals surface area contributed by atoms with Crippen molar-refractivity contribution < 1.29 is 18.7 Å². The molecule has 0 aliphatic carbocycles. The molecule has 1 amide bonds. The van der Waals surface area contributed by atoms with Crippen LogP contribution in [0.4, 0.5) is 4.39 Å². The van der Waals surface area contributed by atoms with Crippen LogP contribution in [0.5, 0.6) is 17.2 Å². The molecule has 0 fully saturated rings. The molecule has 1 N–H and O–H groups in total. The van der Waals surface area contributed by atoms with Crippen LogP contribution in [0.1, 0.15) is 10.4 Å². The molecule has 0 spiro atoms. The average molecular weight is 389 g/mol. The summed E-state index contributed by atoms with van der Waals surface area (Å²) in [6.45, 7) is -0.930. The first-order chi connectivity index (χ1) is 13.1. The topological polar surface area (TPSA) is 69.6 Å². The van der Waals surface area contributed by atoms with Gasteiger partial charge in [0.25, 0.3) is 11.5 Å². The van der Waals surface area contributed by atoms with Crippen molar-refractivity contribution in [3.63, 3.8) is 0 Å². The number of rotatable bonds is 6. The summed E-state index contributed by atoms with van der Waals surface area (Å²) in [6, 6.07) is 15.2. The van der Waals surface area contributed by atoms with E-state index in [0.29, 0.717) is 16.5 Å². The van der Waals surface area contributed by atoms with Crippen LogP contribution in [0.3, 0.4) is 0 Å². The van der Waals surface area contributed by atoms with Crippen LogP contribution in [0.25, 0.3) is 0 Å². The van der Waals surface area contributed by atoms with E-state index in [4.69, 9.17) is 21.1 Å². The Labute approximate surface area is 158 Å². The highest BCUT2D eigenvalue weighted by Gasteiger charge is 2.15. The number of hydrogen-bond acceptors (Lipinski definition) is 4. The fourth-order valence-electron chi connectivity index (χ4n) is 2.25. The van der Waals surface area contributed by atoms with Crippen LogP contribution in [0.15, 0.2) is 71.7 Å². The predicted molar refractivity (Wildman–Crippen MR) is 99.0 cm³/mol. The Morgan fingerprint density at radius 2 is 1.81 bits per heavy atom. The van der Waals surface area contributed by atoms with Crippen molar-refractivity contribution in [3.8, 4) is 17.2 Å². The molecule has 8 heteroatoms. The molecule has 0 aliphatic rings. The van der Waals surface area contributed by atoms with Crippen molar-refractivity contribution in [1.29, 1.82) is 0 Å². The van der Waals surface area contributed by atoms with E-state index in [1.807, 2.05) is 0 Å². The summed E-state index contributed by atoms with van der Waals surface area (Å²) in [5, 5.41) is 0.333. The van der Waals surface area contributed by atoms with Crippen LogP contribution in [0, 0.1) is 0 Å². The highest BCUT2D eigenvalue weighted by molar-refractivity contribution is 6.31. The number of pyridine rings is 1. The average Bonchev–Trinajstić information content (AvgIpc) is 2.67. The van der Waals surface area contributed by atoms with Gasteiger partial charge in [0.2, 0.25) is 6.86 Å². The number of benzene rings is 2. The van der Waals surface area contributed by atoms with E-state index in [0.717, 1.165) is 4.68 Å². The number of ether oxygens (including phenoxy) is 2. The van der Waals surface area contributed by atoms with E-state index in [1.165, 1.54) is 36.5 Å². The van der Waals surface area contributed by atoms with Crippen LogP contribution in [-0.4, -0.2) is 17.4 Å². The summed E-state index contributed by atoms with van der Waals surface area (Å²) in [5.74, 6) is 0.426. The van der Waals surface area contributed by atoms with E-state index in [1.54, 1.807) is 30.3 Å². The van der Waals surface area contributed by atoms with Gasteiger partial charge >= 0.3 is 0 Å². The van der Waals surface area contributed by atoms with Crippen molar-refractivity contribution >= 4 is 17.5 Å². The zero-order valence-electron chi connectivity index (χ0n) is 13.9. The summed E-state index contributed by atoms with van der Waals surface area (Å²) in [6.07, 6.45) is 1.43. The Balaban J connectivity index is 1.85. The van der Waals surface area contributed by atoms with Gasteiger partial charge in [0, 0.05) is 17.3 Å². The summed E-state index contributed by atoms with van der Waals surface area (Å²) >= 11 is 6.00. The summed E-state index contributed by atoms with van der Waals surface area (Å²) in [4.78, 5) is 24.4. The van der Waals surface area contributed by atoms with Gasteiger partial charge in [-0.15, -0.1) is 0 Å². The quantitative estimate of drug-likeness (QED) is 0.693. The lowest BCUT2D eigenvalue weighted by atomic mass is 10.2. The molecule has 27 heavy (non-hydrogen) atoms. The monoisotopic (exact) mass is 388 g/mol. The number of halogens is 2. The zero-order chi connectivity index (χ0) is 19.2. The third-order valence-corrected chi connectivity index (χ3v) is 3.74. The molecule has 6 nitrogen and oxygen atoms in total. The second-order valence-corrected chi connectivity index (χ2v) is 5.75. The van der Waals surface area contributed by atoms with Gasteiger partial charge in [-0.05, 0) is 48.5 Å². The molecule has 0 saturated carbocycles. The molecule has 0 radical (unpaired) electrons. The first-order valence-corrected chi connectivity index (χ1v) is 8.20. The highest BCUT2D eigenvalue weighted by atomic mass is 35.5. The first-order valence-electron chi connectivity index (χ1n) is 7.82. The molecule has 0 aliphatic heterocycles. The van der Waals surface area contributed by atoms with Crippen LogP contribution < -0.4 is 20.5 Å². The van der Waals surface area contributed by atoms with Crippen molar-refractivity contribution in [3.05, 3.63) is 87.8 Å². The maximum atomic E-state index is 12.6. The van der Waals surface area contributed by atoms with Crippen molar-refractivity contribution in [2.75, 3.05) is 12.3 Å². The molecule has 138 valence electrons. The molecule has 3 aromatic rings. The number of aromatic nitrogens is 1. The van der Waals surface area contributed by atoms with Crippen LogP contribution in [-0.2, 0) is 0 Å². The number of hydrogen-bond donors (Lipinski definition) is 1. The summed E-state index contributed by atoms with van der Waals surface area (Å²) in [5.41, 5.74) is 2.22. The van der Waals surface area contributed by atoms with Gasteiger partial charge in [0.15, 0.2) is 0 Å². The second-order valence-electron chi connectivity index (χ2n) is 5.32. The fraction of sp³-hybridized carbons (Fsp3) is 0.0526. The van der Waals surface area contributed by atoms with Crippen LogP contribution in [0.2, 0.25) is 5.02 Å². The SMILES string of the molecule is O=C(Nn1ccccc1=O)c1cc(Cl)ccc1Oc1ccc(OCF)cc1.